The highest BCUT2D eigenvalue weighted by Crippen LogP contribution is 2.20. The van der Waals surface area contributed by atoms with E-state index in [-0.39, 0.29) is 12.1 Å². The second-order valence-electron chi connectivity index (χ2n) is 2.58. The molecule has 1 aromatic heterocycles. The third kappa shape index (κ3) is 1.26. The van der Waals surface area contributed by atoms with Crippen LogP contribution in [0.5, 0.6) is 0 Å². The van der Waals surface area contributed by atoms with E-state index in [1.807, 2.05) is 0 Å². The molecule has 4 nitrogen and oxygen atoms in total. The molecular weight excluding hydrogens is 162 g/mol. The highest BCUT2D eigenvalue weighted by atomic mass is 32.1. The van der Waals surface area contributed by atoms with Crippen molar-refractivity contribution in [3.8, 4) is 0 Å². The van der Waals surface area contributed by atoms with Crippen LogP contribution in [0.4, 0.5) is 0 Å². The van der Waals surface area contributed by atoms with Crippen molar-refractivity contribution in [3.05, 3.63) is 11.3 Å². The van der Waals surface area contributed by atoms with E-state index in [4.69, 9.17) is 0 Å². The fourth-order valence-corrected chi connectivity index (χ4v) is 1.74. The molecule has 2 rings (SSSR count). The monoisotopic (exact) mass is 171 g/mol. The predicted octanol–water partition coefficient (Wildman–Crippen LogP) is -0.0666. The average Bonchev–Trinajstić information content (AvgIpc) is 2.55. The van der Waals surface area contributed by atoms with Gasteiger partial charge in [0.1, 0.15) is 5.51 Å². The van der Waals surface area contributed by atoms with Crippen molar-refractivity contribution in [2.75, 3.05) is 6.54 Å². The third-order valence-corrected chi connectivity index (χ3v) is 2.34. The van der Waals surface area contributed by atoms with Crippen molar-refractivity contribution in [3.63, 3.8) is 0 Å². The van der Waals surface area contributed by atoms with Gasteiger partial charge in [-0.05, 0) is 24.5 Å². The zero-order valence-corrected chi connectivity index (χ0v) is 6.71. The van der Waals surface area contributed by atoms with E-state index in [9.17, 15) is 5.11 Å². The van der Waals surface area contributed by atoms with Crippen LogP contribution in [0.1, 0.15) is 18.3 Å². The Balaban J connectivity index is 2.16. The SMILES string of the molecule is OC1CCNC1c1ncsn1. The molecule has 2 N–H and O–H groups in total. The zero-order valence-electron chi connectivity index (χ0n) is 5.90. The minimum atomic E-state index is -0.315. The fraction of sp³-hybridized carbons (Fsp3) is 0.667. The third-order valence-electron chi connectivity index (χ3n) is 1.85. The molecule has 5 heteroatoms. The number of nitrogens with one attached hydrogen (secondary N) is 1. The molecule has 0 spiro atoms. The summed E-state index contributed by atoms with van der Waals surface area (Å²) in [6, 6.07) is -0.0405. The molecule has 2 unspecified atom stereocenters. The number of nitrogens with zero attached hydrogens (tertiary/aromatic N) is 2. The van der Waals surface area contributed by atoms with Crippen LogP contribution < -0.4 is 5.32 Å². The van der Waals surface area contributed by atoms with Gasteiger partial charge in [-0.1, -0.05) is 0 Å². The summed E-state index contributed by atoms with van der Waals surface area (Å²) in [4.78, 5) is 4.03. The molecule has 0 aliphatic carbocycles. The molecule has 2 atom stereocenters. The second kappa shape index (κ2) is 2.84. The molecule has 0 amide bonds. The molecule has 1 aliphatic rings. The number of aliphatic hydroxyl groups excluding tert-OH is 1. The summed E-state index contributed by atoms with van der Waals surface area (Å²) in [5.41, 5.74) is 1.68. The Morgan fingerprint density at radius 3 is 3.18 bits per heavy atom. The molecule has 0 bridgehead atoms. The number of hydrogen-bond donors (Lipinski definition) is 2. The second-order valence-corrected chi connectivity index (χ2v) is 3.18. The Bertz CT molecular complexity index is 226. The van der Waals surface area contributed by atoms with Gasteiger partial charge in [-0.25, -0.2) is 4.98 Å². The summed E-state index contributed by atoms with van der Waals surface area (Å²) in [7, 11) is 0. The molecule has 0 aromatic carbocycles. The summed E-state index contributed by atoms with van der Waals surface area (Å²) in [6.45, 7) is 0.852. The molecule has 0 radical (unpaired) electrons. The van der Waals surface area contributed by atoms with Gasteiger partial charge in [0.25, 0.3) is 0 Å². The van der Waals surface area contributed by atoms with E-state index >= 15 is 0 Å². The van der Waals surface area contributed by atoms with Gasteiger partial charge in [-0.2, -0.15) is 4.37 Å². The van der Waals surface area contributed by atoms with Crippen LogP contribution in [0.15, 0.2) is 5.51 Å². The van der Waals surface area contributed by atoms with Gasteiger partial charge in [-0.3, -0.25) is 0 Å². The Morgan fingerprint density at radius 2 is 2.64 bits per heavy atom. The minimum Gasteiger partial charge on any atom is -0.391 e. The lowest BCUT2D eigenvalue weighted by atomic mass is 10.2. The fourth-order valence-electron chi connectivity index (χ4n) is 1.27. The largest absolute Gasteiger partial charge is 0.391 e. The van der Waals surface area contributed by atoms with E-state index < -0.39 is 0 Å². The van der Waals surface area contributed by atoms with Crippen molar-refractivity contribution in [2.45, 2.75) is 18.6 Å². The lowest BCUT2D eigenvalue weighted by molar-refractivity contribution is 0.157. The number of aliphatic hydroxyl groups is 1. The maximum Gasteiger partial charge on any atom is 0.161 e. The zero-order chi connectivity index (χ0) is 7.68. The smallest absolute Gasteiger partial charge is 0.161 e. The highest BCUT2D eigenvalue weighted by Gasteiger charge is 2.28. The quantitative estimate of drug-likeness (QED) is 0.621. The van der Waals surface area contributed by atoms with Crippen LogP contribution in [0.3, 0.4) is 0 Å². The molecule has 1 aromatic rings. The number of rotatable bonds is 1. The van der Waals surface area contributed by atoms with E-state index in [1.165, 1.54) is 11.5 Å². The van der Waals surface area contributed by atoms with E-state index in [2.05, 4.69) is 14.7 Å². The summed E-state index contributed by atoms with van der Waals surface area (Å²) >= 11 is 1.32. The predicted molar refractivity (Wildman–Crippen MR) is 41.3 cm³/mol. The van der Waals surface area contributed by atoms with Crippen molar-refractivity contribution < 1.29 is 5.11 Å². The Kier molecular flexibility index (Phi) is 1.85. The van der Waals surface area contributed by atoms with Crippen molar-refractivity contribution in [2.24, 2.45) is 0 Å². The topological polar surface area (TPSA) is 58.0 Å². The Labute approximate surface area is 68.5 Å². The van der Waals surface area contributed by atoms with Crippen molar-refractivity contribution in [1.82, 2.24) is 14.7 Å². The molecule has 1 saturated heterocycles. The van der Waals surface area contributed by atoms with Crippen LogP contribution in [-0.2, 0) is 0 Å². The van der Waals surface area contributed by atoms with E-state index in [1.54, 1.807) is 5.51 Å². The maximum atomic E-state index is 9.42. The van der Waals surface area contributed by atoms with Gasteiger partial charge in [-0.15, -0.1) is 0 Å². The van der Waals surface area contributed by atoms with Gasteiger partial charge >= 0.3 is 0 Å². The van der Waals surface area contributed by atoms with Crippen LogP contribution in [-0.4, -0.2) is 27.1 Å². The average molecular weight is 171 g/mol. The first-order chi connectivity index (χ1) is 5.38. The van der Waals surface area contributed by atoms with Crippen molar-refractivity contribution in [1.29, 1.82) is 0 Å². The molecule has 0 saturated carbocycles. The first-order valence-corrected chi connectivity index (χ1v) is 4.39. The first kappa shape index (κ1) is 7.15. The normalized spacial score (nSPS) is 31.0. The van der Waals surface area contributed by atoms with Gasteiger partial charge < -0.3 is 10.4 Å². The van der Waals surface area contributed by atoms with Crippen LogP contribution in [0, 0.1) is 0 Å². The first-order valence-electron chi connectivity index (χ1n) is 3.55. The standard InChI is InChI=1S/C6H9N3OS/c10-4-1-2-7-5(4)6-8-3-11-9-6/h3-5,7,10H,1-2H2. The number of aromatic nitrogens is 2. The lowest BCUT2D eigenvalue weighted by Gasteiger charge is -2.09. The number of hydrogen-bond acceptors (Lipinski definition) is 5. The molecule has 60 valence electrons. The van der Waals surface area contributed by atoms with Crippen LogP contribution >= 0.6 is 11.5 Å². The van der Waals surface area contributed by atoms with Gasteiger partial charge in [0.2, 0.25) is 0 Å². The molecule has 1 fully saturated rings. The summed E-state index contributed by atoms with van der Waals surface area (Å²) in [5.74, 6) is 0.722. The maximum absolute atomic E-state index is 9.42. The van der Waals surface area contributed by atoms with Crippen molar-refractivity contribution >= 4 is 11.5 Å². The summed E-state index contributed by atoms with van der Waals surface area (Å²) < 4.78 is 4.06. The molecule has 2 heterocycles. The Hall–Kier alpha value is -0.520. The Morgan fingerprint density at radius 1 is 1.73 bits per heavy atom. The van der Waals surface area contributed by atoms with Gasteiger partial charge in [0.05, 0.1) is 12.1 Å². The molecular formula is C6H9N3OS. The molecule has 11 heavy (non-hydrogen) atoms. The summed E-state index contributed by atoms with van der Waals surface area (Å²) in [5, 5.41) is 12.6. The lowest BCUT2D eigenvalue weighted by Crippen LogP contribution is -2.21. The van der Waals surface area contributed by atoms with Crippen LogP contribution in [0.2, 0.25) is 0 Å². The minimum absolute atomic E-state index is 0.0405. The molecule has 1 aliphatic heterocycles. The summed E-state index contributed by atoms with van der Waals surface area (Å²) in [6.07, 6.45) is 0.480. The highest BCUT2D eigenvalue weighted by molar-refractivity contribution is 7.03. The van der Waals surface area contributed by atoms with E-state index in [0.29, 0.717) is 0 Å². The van der Waals surface area contributed by atoms with Gasteiger partial charge in [0.15, 0.2) is 5.82 Å². The van der Waals surface area contributed by atoms with Crippen LogP contribution in [0.25, 0.3) is 0 Å². The van der Waals surface area contributed by atoms with E-state index in [0.717, 1.165) is 18.8 Å². The van der Waals surface area contributed by atoms with Gasteiger partial charge in [0, 0.05) is 0 Å².